The second kappa shape index (κ2) is 9.13. The Bertz CT molecular complexity index is 1260. The number of anilines is 1. The molecule has 0 spiro atoms. The van der Waals surface area contributed by atoms with E-state index in [2.05, 4.69) is 25.8 Å². The standard InChI is InChI=1S/C26H29N5O4/c1-26(2,3)25-30-22(31-35-25)24(33)28-19-5-4-12-34-20-13-16(8-9-18(19)20)17-10-11-27-21(14-17)29-23(32)15-6-7-15/h8-11,13-15,19H,4-7,12H2,1-3H3,(H,28,33)(H,27,29,32). The number of fused-ring (bicyclic) bond motifs is 1. The molecule has 0 saturated heterocycles. The molecule has 1 atom stereocenters. The summed E-state index contributed by atoms with van der Waals surface area (Å²) < 4.78 is 11.3. The van der Waals surface area contributed by atoms with Gasteiger partial charge in [0.1, 0.15) is 11.6 Å². The first-order valence-electron chi connectivity index (χ1n) is 12.0. The summed E-state index contributed by atoms with van der Waals surface area (Å²) in [6.45, 7) is 6.40. The number of nitrogens with one attached hydrogen (secondary N) is 2. The maximum absolute atomic E-state index is 12.9. The van der Waals surface area contributed by atoms with E-state index in [1.807, 2.05) is 51.1 Å². The van der Waals surface area contributed by atoms with Gasteiger partial charge in [0.2, 0.25) is 11.8 Å². The van der Waals surface area contributed by atoms with Crippen LogP contribution in [0.25, 0.3) is 11.1 Å². The van der Waals surface area contributed by atoms with Gasteiger partial charge in [-0.3, -0.25) is 9.59 Å². The van der Waals surface area contributed by atoms with Crippen LogP contribution >= 0.6 is 0 Å². The monoisotopic (exact) mass is 475 g/mol. The number of carbonyl (C=O) groups excluding carboxylic acids is 2. The molecule has 1 fully saturated rings. The molecular weight excluding hydrogens is 446 g/mol. The summed E-state index contributed by atoms with van der Waals surface area (Å²) in [5, 5.41) is 9.79. The van der Waals surface area contributed by atoms with Crippen molar-refractivity contribution >= 4 is 17.6 Å². The van der Waals surface area contributed by atoms with Crippen molar-refractivity contribution in [1.82, 2.24) is 20.4 Å². The third-order valence-electron chi connectivity index (χ3n) is 6.15. The van der Waals surface area contributed by atoms with Gasteiger partial charge in [-0.05, 0) is 55.0 Å². The van der Waals surface area contributed by atoms with Gasteiger partial charge in [0.25, 0.3) is 11.7 Å². The van der Waals surface area contributed by atoms with E-state index >= 15 is 0 Å². The quantitative estimate of drug-likeness (QED) is 0.560. The zero-order valence-corrected chi connectivity index (χ0v) is 20.1. The lowest BCUT2D eigenvalue weighted by molar-refractivity contribution is -0.117. The van der Waals surface area contributed by atoms with Crippen molar-refractivity contribution in [3.8, 4) is 16.9 Å². The lowest BCUT2D eigenvalue weighted by atomic mass is 9.97. The van der Waals surface area contributed by atoms with Crippen LogP contribution < -0.4 is 15.4 Å². The van der Waals surface area contributed by atoms with Crippen molar-refractivity contribution in [2.45, 2.75) is 57.9 Å². The molecule has 3 heterocycles. The van der Waals surface area contributed by atoms with Crippen LogP contribution in [0, 0.1) is 5.92 Å². The number of hydrogen-bond donors (Lipinski definition) is 2. The van der Waals surface area contributed by atoms with Crippen molar-refractivity contribution in [2.24, 2.45) is 5.92 Å². The van der Waals surface area contributed by atoms with Gasteiger partial charge in [-0.15, -0.1) is 0 Å². The van der Waals surface area contributed by atoms with Crippen LogP contribution in [0.15, 0.2) is 41.1 Å². The van der Waals surface area contributed by atoms with Crippen molar-refractivity contribution in [1.29, 1.82) is 0 Å². The Morgan fingerprint density at radius 1 is 1.06 bits per heavy atom. The van der Waals surface area contributed by atoms with Crippen molar-refractivity contribution in [3.05, 3.63) is 53.8 Å². The van der Waals surface area contributed by atoms with E-state index in [0.717, 1.165) is 42.4 Å². The molecular formula is C26H29N5O4. The smallest absolute Gasteiger partial charge is 0.293 e. The third-order valence-corrected chi connectivity index (χ3v) is 6.15. The highest BCUT2D eigenvalue weighted by atomic mass is 16.5. The SMILES string of the molecule is CC(C)(C)c1nc(C(=O)NC2CCCOc3cc(-c4ccnc(NC(=O)C5CC5)c4)ccc32)no1. The van der Waals surface area contributed by atoms with E-state index < -0.39 is 0 Å². The van der Waals surface area contributed by atoms with Crippen LogP contribution in [-0.4, -0.2) is 33.5 Å². The van der Waals surface area contributed by atoms with E-state index in [1.165, 1.54) is 0 Å². The minimum Gasteiger partial charge on any atom is -0.493 e. The van der Waals surface area contributed by atoms with Gasteiger partial charge >= 0.3 is 0 Å². The molecule has 0 bridgehead atoms. The second-order valence-electron chi connectivity index (χ2n) is 10.1. The summed E-state index contributed by atoms with van der Waals surface area (Å²) in [5.41, 5.74) is 2.42. The van der Waals surface area contributed by atoms with Gasteiger partial charge in [-0.2, -0.15) is 4.98 Å². The zero-order valence-electron chi connectivity index (χ0n) is 20.1. The van der Waals surface area contributed by atoms with Gasteiger partial charge in [0.15, 0.2) is 0 Å². The summed E-state index contributed by atoms with van der Waals surface area (Å²) in [6, 6.07) is 9.44. The number of rotatable bonds is 5. The van der Waals surface area contributed by atoms with Gasteiger partial charge in [-0.25, -0.2) is 4.98 Å². The van der Waals surface area contributed by atoms with Crippen LogP contribution in [0.4, 0.5) is 5.82 Å². The molecule has 35 heavy (non-hydrogen) atoms. The Balaban J connectivity index is 1.35. The van der Waals surface area contributed by atoms with E-state index in [9.17, 15) is 9.59 Å². The molecule has 2 aliphatic rings. The Hall–Kier alpha value is -3.75. The zero-order chi connectivity index (χ0) is 24.6. The molecule has 1 saturated carbocycles. The molecule has 1 unspecified atom stereocenters. The van der Waals surface area contributed by atoms with Gasteiger partial charge in [0, 0.05) is 23.1 Å². The molecule has 5 rings (SSSR count). The van der Waals surface area contributed by atoms with Crippen molar-refractivity contribution in [2.75, 3.05) is 11.9 Å². The lowest BCUT2D eigenvalue weighted by Gasteiger charge is -2.18. The predicted octanol–water partition coefficient (Wildman–Crippen LogP) is 4.42. The van der Waals surface area contributed by atoms with Crippen LogP contribution in [0.3, 0.4) is 0 Å². The highest BCUT2D eigenvalue weighted by molar-refractivity contribution is 5.93. The van der Waals surface area contributed by atoms with E-state index in [-0.39, 0.29) is 35.0 Å². The summed E-state index contributed by atoms with van der Waals surface area (Å²) in [5.74, 6) is 1.45. The first-order chi connectivity index (χ1) is 16.8. The highest BCUT2D eigenvalue weighted by Crippen LogP contribution is 2.36. The van der Waals surface area contributed by atoms with Gasteiger partial charge in [-0.1, -0.05) is 38.1 Å². The summed E-state index contributed by atoms with van der Waals surface area (Å²) in [4.78, 5) is 33.5. The fraction of sp³-hybridized carbons (Fsp3) is 0.423. The van der Waals surface area contributed by atoms with E-state index in [0.29, 0.717) is 24.1 Å². The van der Waals surface area contributed by atoms with Crippen LogP contribution in [-0.2, 0) is 10.2 Å². The third kappa shape index (κ3) is 5.18. The fourth-order valence-corrected chi connectivity index (χ4v) is 4.00. The number of ether oxygens (including phenoxy) is 1. The molecule has 3 aromatic rings. The molecule has 9 nitrogen and oxygen atoms in total. The van der Waals surface area contributed by atoms with Gasteiger partial charge < -0.3 is 19.9 Å². The summed E-state index contributed by atoms with van der Waals surface area (Å²) >= 11 is 0. The second-order valence-corrected chi connectivity index (χ2v) is 10.1. The molecule has 0 radical (unpaired) electrons. The summed E-state index contributed by atoms with van der Waals surface area (Å²) in [6.07, 6.45) is 5.09. The maximum atomic E-state index is 12.9. The topological polar surface area (TPSA) is 119 Å². The normalized spacial score (nSPS) is 17.6. The number of benzene rings is 1. The number of nitrogens with zero attached hydrogens (tertiary/aromatic N) is 3. The molecule has 182 valence electrons. The molecule has 2 aromatic heterocycles. The number of hydrogen-bond acceptors (Lipinski definition) is 7. The largest absolute Gasteiger partial charge is 0.493 e. The maximum Gasteiger partial charge on any atom is 0.293 e. The number of aromatic nitrogens is 3. The first kappa shape index (κ1) is 23.0. The minimum atomic E-state index is -0.378. The van der Waals surface area contributed by atoms with Crippen molar-refractivity contribution < 1.29 is 18.8 Å². The Morgan fingerprint density at radius 3 is 2.60 bits per heavy atom. The Morgan fingerprint density at radius 2 is 1.86 bits per heavy atom. The molecule has 9 heteroatoms. The predicted molar refractivity (Wildman–Crippen MR) is 129 cm³/mol. The Kier molecular flexibility index (Phi) is 6.00. The number of carbonyl (C=O) groups is 2. The fourth-order valence-electron chi connectivity index (χ4n) is 4.00. The van der Waals surface area contributed by atoms with E-state index in [4.69, 9.17) is 9.26 Å². The molecule has 1 aliphatic heterocycles. The number of pyridine rings is 1. The first-order valence-corrected chi connectivity index (χ1v) is 12.0. The highest BCUT2D eigenvalue weighted by Gasteiger charge is 2.30. The molecule has 2 amide bonds. The van der Waals surface area contributed by atoms with Crippen LogP contribution in [0.5, 0.6) is 5.75 Å². The minimum absolute atomic E-state index is 0.0229. The average molecular weight is 476 g/mol. The average Bonchev–Trinajstić information content (AvgIpc) is 3.59. The number of amides is 2. The lowest BCUT2D eigenvalue weighted by Crippen LogP contribution is -2.29. The molecule has 1 aliphatic carbocycles. The molecule has 2 N–H and O–H groups in total. The molecule has 1 aromatic carbocycles. The van der Waals surface area contributed by atoms with Crippen molar-refractivity contribution in [3.63, 3.8) is 0 Å². The van der Waals surface area contributed by atoms with E-state index in [1.54, 1.807) is 6.20 Å². The van der Waals surface area contributed by atoms with Crippen LogP contribution in [0.1, 0.15) is 74.6 Å². The summed E-state index contributed by atoms with van der Waals surface area (Å²) in [7, 11) is 0. The van der Waals surface area contributed by atoms with Gasteiger partial charge in [0.05, 0.1) is 12.6 Å². The Labute approximate surface area is 203 Å². The van der Waals surface area contributed by atoms with Crippen LogP contribution in [0.2, 0.25) is 0 Å².